The Bertz CT molecular complexity index is 500. The molecule has 1 rings (SSSR count). The summed E-state index contributed by atoms with van der Waals surface area (Å²) in [6.07, 6.45) is 0. The summed E-state index contributed by atoms with van der Waals surface area (Å²) in [5, 5.41) is 8.77. The molecule has 7 heteroatoms. The van der Waals surface area contributed by atoms with E-state index >= 15 is 0 Å². The van der Waals surface area contributed by atoms with Gasteiger partial charge in [-0.3, -0.25) is 4.79 Å². The van der Waals surface area contributed by atoms with Gasteiger partial charge in [-0.15, -0.1) is 0 Å². The minimum atomic E-state index is -3.67. The normalized spacial score (nSPS) is 11.7. The number of aliphatic carboxylic acids is 1. The van der Waals surface area contributed by atoms with Crippen molar-refractivity contribution in [2.45, 2.75) is 5.75 Å². The fraction of sp³-hybridized carbons (Fsp3) is 0.417. The predicted molar refractivity (Wildman–Crippen MR) is 70.2 cm³/mol. The molecule has 0 fully saturated rings. The summed E-state index contributed by atoms with van der Waals surface area (Å²) in [7, 11) is -2.24. The summed E-state index contributed by atoms with van der Waals surface area (Å²) in [6.45, 7) is -0.377. The lowest BCUT2D eigenvalue weighted by molar-refractivity contribution is -0.137. The molecule has 0 amide bonds. The quantitative estimate of drug-likeness (QED) is 0.755. The van der Waals surface area contributed by atoms with Crippen LogP contribution in [-0.4, -0.2) is 50.6 Å². The van der Waals surface area contributed by atoms with Gasteiger partial charge >= 0.3 is 5.97 Å². The molecule has 1 N–H and O–H groups in total. The van der Waals surface area contributed by atoms with E-state index in [1.807, 2.05) is 0 Å². The Morgan fingerprint density at radius 2 is 1.95 bits per heavy atom. The number of nitrogens with zero attached hydrogens (tertiary/aromatic N) is 1. The molecule has 0 heterocycles. The van der Waals surface area contributed by atoms with Crippen molar-refractivity contribution in [1.29, 1.82) is 0 Å². The maximum atomic E-state index is 12.1. The number of sulfonamides is 1. The van der Waals surface area contributed by atoms with Gasteiger partial charge in [0.15, 0.2) is 0 Å². The Morgan fingerprint density at radius 3 is 2.47 bits per heavy atom. The zero-order valence-corrected chi connectivity index (χ0v) is 11.5. The van der Waals surface area contributed by atoms with Crippen molar-refractivity contribution in [2.75, 3.05) is 26.8 Å². The summed E-state index contributed by atoms with van der Waals surface area (Å²) in [5.41, 5.74) is 0.621. The van der Waals surface area contributed by atoms with E-state index in [1.54, 1.807) is 30.3 Å². The first kappa shape index (κ1) is 15.6. The third kappa shape index (κ3) is 5.37. The van der Waals surface area contributed by atoms with Crippen molar-refractivity contribution < 1.29 is 23.1 Å². The zero-order chi connectivity index (χ0) is 14.3. The monoisotopic (exact) mass is 287 g/mol. The topological polar surface area (TPSA) is 83.9 Å². The lowest BCUT2D eigenvalue weighted by atomic mass is 10.2. The molecule has 0 spiro atoms. The van der Waals surface area contributed by atoms with Gasteiger partial charge in [-0.1, -0.05) is 30.3 Å². The van der Waals surface area contributed by atoms with Crippen LogP contribution in [0.15, 0.2) is 30.3 Å². The molecule has 0 atom stereocenters. The first-order valence-electron chi connectivity index (χ1n) is 5.68. The highest BCUT2D eigenvalue weighted by atomic mass is 32.2. The minimum Gasteiger partial charge on any atom is -0.480 e. The molecule has 0 aliphatic carbocycles. The van der Waals surface area contributed by atoms with Crippen molar-refractivity contribution in [3.8, 4) is 0 Å². The maximum Gasteiger partial charge on any atom is 0.318 e. The average molecular weight is 287 g/mol. The molecule has 19 heavy (non-hydrogen) atoms. The predicted octanol–water partition coefficient (Wildman–Crippen LogP) is 0.549. The number of carboxylic acids is 1. The summed E-state index contributed by atoms with van der Waals surface area (Å²) < 4.78 is 30.0. The summed E-state index contributed by atoms with van der Waals surface area (Å²) >= 11 is 0. The fourth-order valence-electron chi connectivity index (χ4n) is 1.54. The molecule has 6 nitrogen and oxygen atoms in total. The Kier molecular flexibility index (Phi) is 5.94. The van der Waals surface area contributed by atoms with E-state index in [0.29, 0.717) is 5.56 Å². The second kappa shape index (κ2) is 7.22. The number of rotatable bonds is 8. The van der Waals surface area contributed by atoms with Gasteiger partial charge < -0.3 is 9.84 Å². The Balaban J connectivity index is 2.83. The van der Waals surface area contributed by atoms with Gasteiger partial charge in [0.2, 0.25) is 10.0 Å². The third-order valence-corrected chi connectivity index (χ3v) is 4.24. The minimum absolute atomic E-state index is 0.0258. The smallest absolute Gasteiger partial charge is 0.318 e. The lowest BCUT2D eigenvalue weighted by Crippen LogP contribution is -2.38. The molecule has 0 unspecified atom stereocenters. The molecular formula is C12H17NO5S. The molecule has 1 aromatic rings. The highest BCUT2D eigenvalue weighted by molar-refractivity contribution is 7.88. The first-order valence-corrected chi connectivity index (χ1v) is 7.29. The molecule has 0 saturated heterocycles. The van der Waals surface area contributed by atoms with Gasteiger partial charge in [0, 0.05) is 13.7 Å². The maximum absolute atomic E-state index is 12.1. The number of hydrogen-bond acceptors (Lipinski definition) is 4. The third-order valence-electron chi connectivity index (χ3n) is 2.44. The van der Waals surface area contributed by atoms with Gasteiger partial charge in [0.1, 0.15) is 6.54 Å². The number of carboxylic acid groups (broad SMARTS) is 1. The molecule has 1 aromatic carbocycles. The standard InChI is InChI=1S/C12H17NO5S/c1-18-8-7-13(9-12(14)15)19(16,17)10-11-5-3-2-4-6-11/h2-6H,7-10H2,1H3,(H,14,15). The van der Waals surface area contributed by atoms with E-state index in [2.05, 4.69) is 0 Å². The van der Waals surface area contributed by atoms with Crippen molar-refractivity contribution in [3.63, 3.8) is 0 Å². The number of methoxy groups -OCH3 is 1. The number of hydrogen-bond donors (Lipinski definition) is 1. The molecule has 0 saturated carbocycles. The fourth-order valence-corrected chi connectivity index (χ4v) is 2.99. The van der Waals surface area contributed by atoms with E-state index in [4.69, 9.17) is 9.84 Å². The number of ether oxygens (including phenoxy) is 1. The summed E-state index contributed by atoms with van der Waals surface area (Å²) in [5.74, 6) is -1.40. The van der Waals surface area contributed by atoms with E-state index < -0.39 is 22.5 Å². The van der Waals surface area contributed by atoms with Gasteiger partial charge in [-0.05, 0) is 5.56 Å². The van der Waals surface area contributed by atoms with Crippen LogP contribution < -0.4 is 0 Å². The van der Waals surface area contributed by atoms with Crippen LogP contribution >= 0.6 is 0 Å². The van der Waals surface area contributed by atoms with Crippen molar-refractivity contribution >= 4 is 16.0 Å². The van der Waals surface area contributed by atoms with Crippen molar-refractivity contribution in [1.82, 2.24) is 4.31 Å². The van der Waals surface area contributed by atoms with Gasteiger partial charge in [0.25, 0.3) is 0 Å². The van der Waals surface area contributed by atoms with Crippen LogP contribution in [0, 0.1) is 0 Å². The molecule has 0 aliphatic heterocycles. The van der Waals surface area contributed by atoms with Gasteiger partial charge in [-0.25, -0.2) is 8.42 Å². The van der Waals surface area contributed by atoms with Gasteiger partial charge in [0.05, 0.1) is 12.4 Å². The van der Waals surface area contributed by atoms with Gasteiger partial charge in [-0.2, -0.15) is 4.31 Å². The molecule has 0 radical (unpaired) electrons. The van der Waals surface area contributed by atoms with E-state index in [-0.39, 0.29) is 18.9 Å². The highest BCUT2D eigenvalue weighted by Gasteiger charge is 2.24. The number of carbonyl (C=O) groups is 1. The van der Waals surface area contributed by atoms with Crippen LogP contribution in [0.4, 0.5) is 0 Å². The molecule has 0 bridgehead atoms. The molecule has 106 valence electrons. The average Bonchev–Trinajstić information content (AvgIpc) is 2.34. The van der Waals surface area contributed by atoms with Crippen molar-refractivity contribution in [2.24, 2.45) is 0 Å². The van der Waals surface area contributed by atoms with Crippen LogP contribution in [0.5, 0.6) is 0 Å². The largest absolute Gasteiger partial charge is 0.480 e. The van der Waals surface area contributed by atoms with Crippen molar-refractivity contribution in [3.05, 3.63) is 35.9 Å². The first-order chi connectivity index (χ1) is 8.95. The van der Waals surface area contributed by atoms with E-state index in [1.165, 1.54) is 7.11 Å². The Labute approximate surface area is 112 Å². The highest BCUT2D eigenvalue weighted by Crippen LogP contribution is 2.10. The van der Waals surface area contributed by atoms with Crippen LogP contribution in [0.2, 0.25) is 0 Å². The Morgan fingerprint density at radius 1 is 1.32 bits per heavy atom. The summed E-state index contributed by atoms with van der Waals surface area (Å²) in [6, 6.07) is 8.64. The molecular weight excluding hydrogens is 270 g/mol. The molecule has 0 aromatic heterocycles. The molecule has 0 aliphatic rings. The van der Waals surface area contributed by atoms with Crippen LogP contribution in [0.3, 0.4) is 0 Å². The number of benzene rings is 1. The SMILES string of the molecule is COCCN(CC(=O)O)S(=O)(=O)Cc1ccccc1. The summed E-state index contributed by atoms with van der Waals surface area (Å²) in [4.78, 5) is 10.7. The second-order valence-electron chi connectivity index (χ2n) is 3.96. The zero-order valence-electron chi connectivity index (χ0n) is 10.7. The second-order valence-corrected chi connectivity index (χ2v) is 5.93. The van der Waals surface area contributed by atoms with E-state index in [9.17, 15) is 13.2 Å². The van der Waals surface area contributed by atoms with Crippen LogP contribution in [-0.2, 0) is 25.3 Å². The van der Waals surface area contributed by atoms with E-state index in [0.717, 1.165) is 4.31 Å². The Hall–Kier alpha value is -1.44. The lowest BCUT2D eigenvalue weighted by Gasteiger charge is -2.19. The van der Waals surface area contributed by atoms with Crippen LogP contribution in [0.25, 0.3) is 0 Å². The van der Waals surface area contributed by atoms with Crippen LogP contribution in [0.1, 0.15) is 5.56 Å².